The molecule has 2 nitrogen and oxygen atoms in total. The van der Waals surface area contributed by atoms with Crippen LogP contribution < -0.4 is 34.7 Å². The fourth-order valence-electron chi connectivity index (χ4n) is 0.102. The maximum Gasteiger partial charge on any atom is 1.00 e. The van der Waals surface area contributed by atoms with Crippen LogP contribution >= 0.6 is 0 Å². The van der Waals surface area contributed by atoms with Crippen molar-refractivity contribution in [1.82, 2.24) is 0 Å². The minimum atomic E-state index is -0.961. The summed E-state index contributed by atoms with van der Waals surface area (Å²) in [6.07, 6.45) is 0.181. The summed E-state index contributed by atoms with van der Waals surface area (Å²) < 4.78 is 0. The van der Waals surface area contributed by atoms with Gasteiger partial charge in [-0.15, -0.1) is 0 Å². The van der Waals surface area contributed by atoms with Crippen LogP contribution in [0.15, 0.2) is 0 Å². The first kappa shape index (κ1) is 10.9. The smallest absolute Gasteiger partial charge is 1.00 e. The third-order valence-corrected chi connectivity index (χ3v) is 0.854. The average molecular weight is 168 g/mol. The van der Waals surface area contributed by atoms with Crippen LogP contribution in [0.3, 0.4) is 0 Å². The molecule has 0 heterocycles. The van der Waals surface area contributed by atoms with E-state index in [9.17, 15) is 9.90 Å². The number of carbonyl (C=O) groups is 1. The van der Waals surface area contributed by atoms with E-state index >= 15 is 0 Å². The largest absolute Gasteiger partial charge is 1.00 e. The molecule has 0 aliphatic heterocycles. The van der Waals surface area contributed by atoms with Crippen LogP contribution in [0, 0.1) is 0 Å². The van der Waals surface area contributed by atoms with Crippen LogP contribution in [0.4, 0.5) is 0 Å². The minimum absolute atomic E-state index is 0. The van der Waals surface area contributed by atoms with E-state index in [0.717, 1.165) is 0 Å². The standard InChI is InChI=1S/C3H5GeO2.Na/c4-2-1-3(5)6;/h1-2H2,(H,5,6);/q;+1/p-1. The molecule has 0 aromatic rings. The summed E-state index contributed by atoms with van der Waals surface area (Å²) in [7, 11) is 0. The first-order chi connectivity index (χ1) is 2.77. The molecule has 0 amide bonds. The molecular weight excluding hydrogens is 164 g/mol. The molecule has 0 atom stereocenters. The fourth-order valence-corrected chi connectivity index (χ4v) is 0.530. The van der Waals surface area contributed by atoms with E-state index in [2.05, 4.69) is 0 Å². The molecule has 0 unspecified atom stereocenters. The van der Waals surface area contributed by atoms with Crippen molar-refractivity contribution in [2.75, 3.05) is 0 Å². The molecule has 0 aromatic carbocycles. The molecule has 33 valence electrons. The molecule has 3 radical (unpaired) electrons. The van der Waals surface area contributed by atoms with Crippen molar-refractivity contribution in [2.24, 2.45) is 0 Å². The number of rotatable bonds is 2. The molecule has 0 rings (SSSR count). The molecule has 0 aliphatic carbocycles. The number of hydrogen-bond acceptors (Lipinski definition) is 2. The molecule has 0 aliphatic rings. The van der Waals surface area contributed by atoms with Crippen molar-refractivity contribution < 1.29 is 39.5 Å². The van der Waals surface area contributed by atoms with Crippen molar-refractivity contribution in [3.05, 3.63) is 0 Å². The molecule has 0 saturated carbocycles. The zero-order valence-electron chi connectivity index (χ0n) is 4.23. The van der Waals surface area contributed by atoms with Gasteiger partial charge in [0, 0.05) is 0 Å². The first-order valence-electron chi connectivity index (χ1n) is 1.62. The van der Waals surface area contributed by atoms with Crippen molar-refractivity contribution in [1.29, 1.82) is 0 Å². The fraction of sp³-hybridized carbons (Fsp3) is 0.667. The van der Waals surface area contributed by atoms with E-state index in [0.29, 0.717) is 5.25 Å². The van der Waals surface area contributed by atoms with Gasteiger partial charge in [-0.2, -0.15) is 0 Å². The summed E-state index contributed by atoms with van der Waals surface area (Å²) in [5, 5.41) is 10.2. The van der Waals surface area contributed by atoms with E-state index in [1.165, 1.54) is 0 Å². The van der Waals surface area contributed by atoms with Crippen LogP contribution in [0.5, 0.6) is 0 Å². The Hall–Kier alpha value is 1.01. The predicted molar refractivity (Wildman–Crippen MR) is 20.2 cm³/mol. The third kappa shape index (κ3) is 10.9. The van der Waals surface area contributed by atoms with Crippen LogP contribution in [-0.2, 0) is 4.79 Å². The van der Waals surface area contributed by atoms with Gasteiger partial charge in [0.2, 0.25) is 0 Å². The summed E-state index contributed by atoms with van der Waals surface area (Å²) in [6, 6.07) is 0. The van der Waals surface area contributed by atoms with Gasteiger partial charge in [0.25, 0.3) is 0 Å². The summed E-state index contributed by atoms with van der Waals surface area (Å²) in [6.45, 7) is 0. The Bertz CT molecular complexity index is 56.9. The number of carbonyl (C=O) groups excluding carboxylic acids is 1. The number of carboxylic acids is 1. The van der Waals surface area contributed by atoms with E-state index < -0.39 is 5.97 Å². The Morgan fingerprint density at radius 2 is 2.14 bits per heavy atom. The maximum absolute atomic E-state index is 9.49. The van der Waals surface area contributed by atoms with Crippen molar-refractivity contribution >= 4 is 22.5 Å². The van der Waals surface area contributed by atoms with Crippen LogP contribution in [0.2, 0.25) is 5.25 Å². The summed E-state index contributed by atoms with van der Waals surface area (Å²) in [4.78, 5) is 9.49. The van der Waals surface area contributed by atoms with Crippen molar-refractivity contribution in [3.8, 4) is 0 Å². The topological polar surface area (TPSA) is 40.1 Å². The number of carboxylic acid groups (broad SMARTS) is 1. The van der Waals surface area contributed by atoms with Gasteiger partial charge in [-0.3, -0.25) is 0 Å². The maximum atomic E-state index is 9.49. The van der Waals surface area contributed by atoms with E-state index in [1.807, 2.05) is 0 Å². The minimum Gasteiger partial charge on any atom is 1.00 e. The van der Waals surface area contributed by atoms with Crippen LogP contribution in [-0.4, -0.2) is 22.5 Å². The van der Waals surface area contributed by atoms with E-state index in [1.54, 1.807) is 16.5 Å². The third-order valence-electron chi connectivity index (χ3n) is 0.329. The molecule has 7 heavy (non-hydrogen) atoms. The second-order valence-electron chi connectivity index (χ2n) is 0.872. The van der Waals surface area contributed by atoms with Crippen LogP contribution in [0.1, 0.15) is 6.42 Å². The van der Waals surface area contributed by atoms with E-state index in [-0.39, 0.29) is 36.0 Å². The Morgan fingerprint density at radius 1 is 1.71 bits per heavy atom. The summed E-state index contributed by atoms with van der Waals surface area (Å²) >= 11 is 1.80. The zero-order chi connectivity index (χ0) is 4.99. The Balaban J connectivity index is 0. The first-order valence-corrected chi connectivity index (χ1v) is 3.10. The molecule has 0 saturated heterocycles. The van der Waals surface area contributed by atoms with Gasteiger partial charge in [-0.25, -0.2) is 0 Å². The summed E-state index contributed by atoms with van der Waals surface area (Å²) in [5.41, 5.74) is 0. The molecule has 0 N–H and O–H groups in total. The van der Waals surface area contributed by atoms with Gasteiger partial charge in [0.15, 0.2) is 0 Å². The van der Waals surface area contributed by atoms with Gasteiger partial charge in [0.1, 0.15) is 0 Å². The van der Waals surface area contributed by atoms with Crippen LogP contribution in [0.25, 0.3) is 0 Å². The molecule has 0 spiro atoms. The van der Waals surface area contributed by atoms with Crippen molar-refractivity contribution in [3.63, 3.8) is 0 Å². The summed E-state index contributed by atoms with van der Waals surface area (Å²) in [5.74, 6) is -0.961. The number of aliphatic carboxylic acids is 1. The molecule has 4 heteroatoms. The molecule has 0 aromatic heterocycles. The molecule has 0 fully saturated rings. The Labute approximate surface area is 73.2 Å². The Kier molecular flexibility index (Phi) is 10.9. The quantitative estimate of drug-likeness (QED) is 0.391. The normalized spacial score (nSPS) is 7.00. The van der Waals surface area contributed by atoms with Gasteiger partial charge >= 0.3 is 73.6 Å². The zero-order valence-corrected chi connectivity index (χ0v) is 8.33. The SMILES string of the molecule is O=C([O-])C[CH2][Ge].[Na+]. The Morgan fingerprint density at radius 3 is 2.14 bits per heavy atom. The van der Waals surface area contributed by atoms with Gasteiger partial charge in [0.05, 0.1) is 0 Å². The molecular formula is C3H4GeNaO2. The monoisotopic (exact) mass is 169 g/mol. The van der Waals surface area contributed by atoms with E-state index in [4.69, 9.17) is 0 Å². The van der Waals surface area contributed by atoms with Gasteiger partial charge in [-0.05, 0) is 0 Å². The van der Waals surface area contributed by atoms with Gasteiger partial charge in [-0.1, -0.05) is 0 Å². The van der Waals surface area contributed by atoms with Crippen molar-refractivity contribution in [2.45, 2.75) is 11.7 Å². The van der Waals surface area contributed by atoms with Gasteiger partial charge < -0.3 is 0 Å². The number of hydrogen-bond donors (Lipinski definition) is 0. The average Bonchev–Trinajstić information content (AvgIpc) is 1.35. The second kappa shape index (κ2) is 7.01. The second-order valence-corrected chi connectivity index (χ2v) is 1.92. The predicted octanol–water partition coefficient (Wildman–Crippen LogP) is -4.28. The molecule has 0 bridgehead atoms.